The molecule has 1 N–H and O–H groups in total. The first-order valence-electron chi connectivity index (χ1n) is 9.82. The number of hydrogen-bond donors (Lipinski definition) is 1. The molecule has 0 aliphatic rings. The first-order valence-corrected chi connectivity index (χ1v) is 9.82. The average molecular weight is 434 g/mol. The minimum atomic E-state index is -0.507. The summed E-state index contributed by atoms with van der Waals surface area (Å²) in [7, 11) is 2.84. The van der Waals surface area contributed by atoms with E-state index < -0.39 is 10.8 Å². The Morgan fingerprint density at radius 3 is 2.12 bits per heavy atom. The Bertz CT molecular complexity index is 1140. The summed E-state index contributed by atoms with van der Waals surface area (Å²) >= 11 is 0. The van der Waals surface area contributed by atoms with E-state index in [9.17, 15) is 19.7 Å². The molecule has 3 rings (SSSR count). The lowest BCUT2D eigenvalue weighted by Gasteiger charge is -2.12. The molecule has 0 atom stereocenters. The van der Waals surface area contributed by atoms with E-state index >= 15 is 0 Å². The van der Waals surface area contributed by atoms with Crippen molar-refractivity contribution in [3.05, 3.63) is 99.1 Å². The molecule has 3 aromatic carbocycles. The molecule has 164 valence electrons. The molecule has 0 aromatic heterocycles. The summed E-state index contributed by atoms with van der Waals surface area (Å²) in [6.45, 7) is 0.128. The van der Waals surface area contributed by atoms with Crippen LogP contribution >= 0.6 is 0 Å². The van der Waals surface area contributed by atoms with Gasteiger partial charge in [0.2, 0.25) is 0 Å². The number of nitro groups is 1. The van der Waals surface area contributed by atoms with Crippen LogP contribution < -0.4 is 14.8 Å². The molecule has 0 heterocycles. The van der Waals surface area contributed by atoms with Crippen molar-refractivity contribution in [2.75, 3.05) is 20.8 Å². The monoisotopic (exact) mass is 434 g/mol. The summed E-state index contributed by atoms with van der Waals surface area (Å²) in [5.41, 5.74) is 1.27. The Hall–Kier alpha value is -4.20. The Labute approximate surface area is 184 Å². The van der Waals surface area contributed by atoms with Gasteiger partial charge >= 0.3 is 0 Å². The van der Waals surface area contributed by atoms with Crippen molar-refractivity contribution in [1.82, 2.24) is 5.32 Å². The largest absolute Gasteiger partial charge is 0.493 e. The van der Waals surface area contributed by atoms with Crippen molar-refractivity contribution in [1.29, 1.82) is 0 Å². The van der Waals surface area contributed by atoms with E-state index in [1.807, 2.05) is 6.07 Å². The number of carbonyl (C=O) groups is 2. The minimum absolute atomic E-state index is 0.128. The molecule has 0 spiro atoms. The highest BCUT2D eigenvalue weighted by molar-refractivity contribution is 6.15. The summed E-state index contributed by atoms with van der Waals surface area (Å²) < 4.78 is 10.3. The molecule has 0 unspecified atom stereocenters. The van der Waals surface area contributed by atoms with Crippen molar-refractivity contribution in [3.8, 4) is 11.5 Å². The number of ether oxygens (including phenoxy) is 2. The summed E-state index contributed by atoms with van der Waals surface area (Å²) in [6, 6.07) is 18.1. The van der Waals surface area contributed by atoms with Crippen LogP contribution in [0.4, 0.5) is 5.69 Å². The van der Waals surface area contributed by atoms with Crippen LogP contribution in [-0.4, -0.2) is 37.4 Å². The lowest BCUT2D eigenvalue weighted by molar-refractivity contribution is -0.385. The molecule has 1 amide bonds. The fourth-order valence-electron chi connectivity index (χ4n) is 3.31. The molecule has 0 fully saturated rings. The van der Waals surface area contributed by atoms with Crippen molar-refractivity contribution in [2.45, 2.75) is 6.42 Å². The second kappa shape index (κ2) is 10.2. The van der Waals surface area contributed by atoms with E-state index in [1.54, 1.807) is 48.5 Å². The van der Waals surface area contributed by atoms with Crippen LogP contribution in [0.2, 0.25) is 0 Å². The van der Waals surface area contributed by atoms with Crippen LogP contribution in [0.1, 0.15) is 31.8 Å². The average Bonchev–Trinajstić information content (AvgIpc) is 2.83. The van der Waals surface area contributed by atoms with E-state index in [-0.39, 0.29) is 41.3 Å². The second-order valence-electron chi connectivity index (χ2n) is 6.84. The molecule has 0 aliphatic heterocycles. The topological polar surface area (TPSA) is 108 Å². The van der Waals surface area contributed by atoms with E-state index in [4.69, 9.17) is 9.47 Å². The van der Waals surface area contributed by atoms with Gasteiger partial charge in [0.05, 0.1) is 30.8 Å². The van der Waals surface area contributed by atoms with Gasteiger partial charge < -0.3 is 14.8 Å². The quantitative estimate of drug-likeness (QED) is 0.312. The smallest absolute Gasteiger partial charge is 0.276 e. The lowest BCUT2D eigenvalue weighted by atomic mass is 9.98. The van der Waals surface area contributed by atoms with Crippen molar-refractivity contribution in [2.24, 2.45) is 0 Å². The van der Waals surface area contributed by atoms with E-state index in [1.165, 1.54) is 26.4 Å². The zero-order valence-corrected chi connectivity index (χ0v) is 17.7. The molecule has 8 heteroatoms. The van der Waals surface area contributed by atoms with Gasteiger partial charge in [-0.2, -0.15) is 0 Å². The predicted molar refractivity (Wildman–Crippen MR) is 119 cm³/mol. The first kappa shape index (κ1) is 22.5. The Balaban J connectivity index is 1.77. The number of carbonyl (C=O) groups excluding carboxylic acids is 2. The first-order chi connectivity index (χ1) is 15.5. The van der Waals surface area contributed by atoms with Gasteiger partial charge in [-0.05, 0) is 18.6 Å². The van der Waals surface area contributed by atoms with Gasteiger partial charge in [0, 0.05) is 23.2 Å². The summed E-state index contributed by atoms with van der Waals surface area (Å²) in [6.07, 6.45) is 0.192. The molecular formula is C24H22N2O6. The van der Waals surface area contributed by atoms with E-state index in [2.05, 4.69) is 5.32 Å². The number of methoxy groups -OCH3 is 2. The lowest BCUT2D eigenvalue weighted by Crippen LogP contribution is -2.27. The van der Waals surface area contributed by atoms with Gasteiger partial charge in [0.15, 0.2) is 17.3 Å². The normalized spacial score (nSPS) is 10.3. The fraction of sp³-hybridized carbons (Fsp3) is 0.167. The third-order valence-electron chi connectivity index (χ3n) is 4.91. The predicted octanol–water partition coefficient (Wildman–Crippen LogP) is 3.82. The fourth-order valence-corrected chi connectivity index (χ4v) is 3.31. The summed E-state index contributed by atoms with van der Waals surface area (Å²) in [5, 5.41) is 14.2. The minimum Gasteiger partial charge on any atom is -0.493 e. The number of benzene rings is 3. The van der Waals surface area contributed by atoms with Crippen LogP contribution in [0.25, 0.3) is 0 Å². The molecule has 0 radical (unpaired) electrons. The molecule has 0 saturated carbocycles. The summed E-state index contributed by atoms with van der Waals surface area (Å²) in [5.74, 6) is -0.0848. The number of nitrogens with zero attached hydrogens (tertiary/aromatic N) is 1. The maximum atomic E-state index is 12.8. The van der Waals surface area contributed by atoms with Gasteiger partial charge in [-0.1, -0.05) is 48.5 Å². The van der Waals surface area contributed by atoms with Gasteiger partial charge in [0.1, 0.15) is 0 Å². The standard InChI is InChI=1S/C24H22N2O6/c1-31-21-14-17(20(26(29)30)15-22(21)32-2)12-13-25-24(28)19-11-7-6-10-18(19)23(27)16-8-4-3-5-9-16/h3-11,14-15H,12-13H2,1-2H3,(H,25,28). The Morgan fingerprint density at radius 2 is 1.50 bits per heavy atom. The zero-order chi connectivity index (χ0) is 23.1. The van der Waals surface area contributed by atoms with Gasteiger partial charge in [0.25, 0.3) is 11.6 Å². The second-order valence-corrected chi connectivity index (χ2v) is 6.84. The number of nitrogens with one attached hydrogen (secondary N) is 1. The van der Waals surface area contributed by atoms with Crippen LogP contribution in [0.15, 0.2) is 66.7 Å². The van der Waals surface area contributed by atoms with E-state index in [0.717, 1.165) is 0 Å². The third-order valence-corrected chi connectivity index (χ3v) is 4.91. The number of hydrogen-bond acceptors (Lipinski definition) is 6. The maximum absolute atomic E-state index is 12.8. The van der Waals surface area contributed by atoms with Crippen LogP contribution in [-0.2, 0) is 6.42 Å². The molecule has 8 nitrogen and oxygen atoms in total. The Morgan fingerprint density at radius 1 is 0.906 bits per heavy atom. The number of nitro benzene ring substituents is 1. The number of rotatable bonds is 9. The number of amides is 1. The highest BCUT2D eigenvalue weighted by atomic mass is 16.6. The van der Waals surface area contributed by atoms with Crippen LogP contribution in [0.3, 0.4) is 0 Å². The highest BCUT2D eigenvalue weighted by Gasteiger charge is 2.21. The Kier molecular flexibility index (Phi) is 7.17. The molecule has 0 aliphatic carbocycles. The molecule has 32 heavy (non-hydrogen) atoms. The molecular weight excluding hydrogens is 412 g/mol. The van der Waals surface area contributed by atoms with Gasteiger partial charge in [-0.25, -0.2) is 0 Å². The molecule has 0 bridgehead atoms. The molecule has 3 aromatic rings. The summed E-state index contributed by atoms with van der Waals surface area (Å²) in [4.78, 5) is 36.6. The maximum Gasteiger partial charge on any atom is 0.276 e. The molecule has 0 saturated heterocycles. The van der Waals surface area contributed by atoms with Crippen molar-refractivity contribution in [3.63, 3.8) is 0 Å². The van der Waals surface area contributed by atoms with Crippen molar-refractivity contribution >= 4 is 17.4 Å². The SMILES string of the molecule is COc1cc(CCNC(=O)c2ccccc2C(=O)c2ccccc2)c([N+](=O)[O-])cc1OC. The third kappa shape index (κ3) is 4.92. The number of ketones is 1. The van der Waals surface area contributed by atoms with Crippen molar-refractivity contribution < 1.29 is 24.0 Å². The van der Waals surface area contributed by atoms with Crippen LogP contribution in [0.5, 0.6) is 11.5 Å². The zero-order valence-electron chi connectivity index (χ0n) is 17.7. The van der Waals surface area contributed by atoms with Gasteiger partial charge in [-0.15, -0.1) is 0 Å². The van der Waals surface area contributed by atoms with E-state index in [0.29, 0.717) is 16.9 Å². The van der Waals surface area contributed by atoms with Gasteiger partial charge in [-0.3, -0.25) is 19.7 Å². The van der Waals surface area contributed by atoms with Crippen LogP contribution in [0, 0.1) is 10.1 Å². The highest BCUT2D eigenvalue weighted by Crippen LogP contribution is 2.34.